The molecular formula is C12H25O. The lowest BCUT2D eigenvalue weighted by Crippen LogP contribution is -1.95. The molecule has 0 aliphatic carbocycles. The van der Waals surface area contributed by atoms with Gasteiger partial charge in [-0.1, -0.05) is 52.4 Å². The third-order valence-electron chi connectivity index (χ3n) is 2.14. The minimum absolute atomic E-state index is 0.932. The summed E-state index contributed by atoms with van der Waals surface area (Å²) in [4.78, 5) is 0. The molecule has 0 aromatic rings. The minimum atomic E-state index is 0.932. The molecule has 0 aromatic heterocycles. The van der Waals surface area contributed by atoms with Gasteiger partial charge in [-0.2, -0.15) is 0 Å². The largest absolute Gasteiger partial charge is 0.381 e. The highest BCUT2D eigenvalue weighted by atomic mass is 16.5. The molecule has 0 aliphatic rings. The maximum absolute atomic E-state index is 5.40. The van der Waals surface area contributed by atoms with Crippen LogP contribution in [0.2, 0.25) is 0 Å². The molecule has 0 unspecified atom stereocenters. The van der Waals surface area contributed by atoms with Crippen LogP contribution in [0.4, 0.5) is 0 Å². The summed E-state index contributed by atoms with van der Waals surface area (Å²) in [6, 6.07) is 0. The molecule has 0 fully saturated rings. The van der Waals surface area contributed by atoms with Crippen molar-refractivity contribution >= 4 is 0 Å². The van der Waals surface area contributed by atoms with Crippen molar-refractivity contribution in [2.75, 3.05) is 13.2 Å². The predicted molar refractivity (Wildman–Crippen MR) is 58.8 cm³/mol. The molecule has 0 saturated carbocycles. The highest BCUT2D eigenvalue weighted by Gasteiger charge is 1.90. The lowest BCUT2D eigenvalue weighted by Gasteiger charge is -2.02. The SMILES string of the molecule is [CH2]CCCCCCCCOCCC. The van der Waals surface area contributed by atoms with Crippen LogP contribution in [0.1, 0.15) is 58.3 Å². The van der Waals surface area contributed by atoms with Gasteiger partial charge in [-0.3, -0.25) is 0 Å². The van der Waals surface area contributed by atoms with Gasteiger partial charge in [0.1, 0.15) is 0 Å². The molecule has 0 rings (SSSR count). The van der Waals surface area contributed by atoms with Gasteiger partial charge < -0.3 is 4.74 Å². The summed E-state index contributed by atoms with van der Waals surface area (Å²) in [6.45, 7) is 7.88. The molecule has 13 heavy (non-hydrogen) atoms. The van der Waals surface area contributed by atoms with Crippen molar-refractivity contribution in [1.29, 1.82) is 0 Å². The van der Waals surface area contributed by atoms with Crippen molar-refractivity contribution in [3.8, 4) is 0 Å². The number of rotatable bonds is 10. The Morgan fingerprint density at radius 2 is 1.46 bits per heavy atom. The molecule has 1 radical (unpaired) electrons. The molecule has 0 aromatic carbocycles. The van der Waals surface area contributed by atoms with Crippen LogP contribution in [0.15, 0.2) is 0 Å². The molecule has 79 valence electrons. The summed E-state index contributed by atoms with van der Waals surface area (Å²) in [5.74, 6) is 0. The first kappa shape index (κ1) is 13.0. The van der Waals surface area contributed by atoms with Gasteiger partial charge in [-0.15, -0.1) is 0 Å². The van der Waals surface area contributed by atoms with E-state index in [1.54, 1.807) is 0 Å². The van der Waals surface area contributed by atoms with Gasteiger partial charge in [0.15, 0.2) is 0 Å². The third kappa shape index (κ3) is 12.0. The van der Waals surface area contributed by atoms with Crippen LogP contribution in [0.3, 0.4) is 0 Å². The minimum Gasteiger partial charge on any atom is -0.381 e. The van der Waals surface area contributed by atoms with Gasteiger partial charge in [0, 0.05) is 13.2 Å². The van der Waals surface area contributed by atoms with E-state index in [-0.39, 0.29) is 0 Å². The van der Waals surface area contributed by atoms with Crippen molar-refractivity contribution in [3.05, 3.63) is 6.92 Å². The van der Waals surface area contributed by atoms with E-state index in [0.29, 0.717) is 0 Å². The zero-order valence-corrected chi connectivity index (χ0v) is 9.19. The fourth-order valence-electron chi connectivity index (χ4n) is 1.33. The zero-order chi connectivity index (χ0) is 9.78. The highest BCUT2D eigenvalue weighted by molar-refractivity contribution is 4.46. The Balaban J connectivity index is 2.76. The summed E-state index contributed by atoms with van der Waals surface area (Å²) in [6.07, 6.45) is 10.2. The molecule has 1 nitrogen and oxygen atoms in total. The maximum atomic E-state index is 5.40. The molecular weight excluding hydrogens is 160 g/mol. The van der Waals surface area contributed by atoms with Crippen molar-refractivity contribution < 1.29 is 4.74 Å². The highest BCUT2D eigenvalue weighted by Crippen LogP contribution is 2.06. The lowest BCUT2D eigenvalue weighted by atomic mass is 10.1. The van der Waals surface area contributed by atoms with Crippen molar-refractivity contribution in [1.82, 2.24) is 0 Å². The normalized spacial score (nSPS) is 10.6. The molecule has 0 atom stereocenters. The van der Waals surface area contributed by atoms with Crippen LogP contribution < -0.4 is 0 Å². The number of hydrogen-bond donors (Lipinski definition) is 0. The first-order chi connectivity index (χ1) is 6.41. The Hall–Kier alpha value is -0.0400. The van der Waals surface area contributed by atoms with Crippen LogP contribution in [-0.2, 0) is 4.74 Å². The van der Waals surface area contributed by atoms with Crippen molar-refractivity contribution in [2.24, 2.45) is 0 Å². The monoisotopic (exact) mass is 185 g/mol. The number of hydrogen-bond acceptors (Lipinski definition) is 1. The second-order valence-corrected chi connectivity index (χ2v) is 3.59. The van der Waals surface area contributed by atoms with E-state index in [1.807, 2.05) is 0 Å². The van der Waals surface area contributed by atoms with Crippen LogP contribution in [-0.4, -0.2) is 13.2 Å². The second-order valence-electron chi connectivity index (χ2n) is 3.59. The Morgan fingerprint density at radius 1 is 0.846 bits per heavy atom. The van der Waals surface area contributed by atoms with Gasteiger partial charge in [0.05, 0.1) is 0 Å². The summed E-state index contributed by atoms with van der Waals surface area (Å²) in [5.41, 5.74) is 0. The summed E-state index contributed by atoms with van der Waals surface area (Å²) >= 11 is 0. The fraction of sp³-hybridized carbons (Fsp3) is 0.917. The predicted octanol–water partition coefficient (Wildman–Crippen LogP) is 3.98. The Labute approximate surface area is 83.9 Å². The molecule has 0 saturated heterocycles. The van der Waals surface area contributed by atoms with E-state index in [2.05, 4.69) is 13.8 Å². The maximum Gasteiger partial charge on any atom is 0.0466 e. The van der Waals surface area contributed by atoms with E-state index in [4.69, 9.17) is 4.74 Å². The van der Waals surface area contributed by atoms with Crippen molar-refractivity contribution in [3.63, 3.8) is 0 Å². The van der Waals surface area contributed by atoms with E-state index in [1.165, 1.54) is 38.5 Å². The lowest BCUT2D eigenvalue weighted by molar-refractivity contribution is 0.130. The fourth-order valence-corrected chi connectivity index (χ4v) is 1.33. The van der Waals surface area contributed by atoms with E-state index < -0.39 is 0 Å². The van der Waals surface area contributed by atoms with Gasteiger partial charge in [0.25, 0.3) is 0 Å². The van der Waals surface area contributed by atoms with Crippen LogP contribution in [0.5, 0.6) is 0 Å². The quantitative estimate of drug-likeness (QED) is 0.468. The first-order valence-electron chi connectivity index (χ1n) is 5.78. The Kier molecular flexibility index (Phi) is 11.9. The van der Waals surface area contributed by atoms with Gasteiger partial charge >= 0.3 is 0 Å². The Morgan fingerprint density at radius 3 is 2.08 bits per heavy atom. The van der Waals surface area contributed by atoms with E-state index in [9.17, 15) is 0 Å². The summed E-state index contributed by atoms with van der Waals surface area (Å²) < 4.78 is 5.40. The topological polar surface area (TPSA) is 9.23 Å². The zero-order valence-electron chi connectivity index (χ0n) is 9.19. The molecule has 0 N–H and O–H groups in total. The van der Waals surface area contributed by atoms with Gasteiger partial charge in [-0.05, 0) is 12.8 Å². The smallest absolute Gasteiger partial charge is 0.0466 e. The third-order valence-corrected chi connectivity index (χ3v) is 2.14. The number of unbranched alkanes of at least 4 members (excludes halogenated alkanes) is 6. The number of ether oxygens (including phenoxy) is 1. The van der Waals surface area contributed by atoms with Gasteiger partial charge in [-0.25, -0.2) is 0 Å². The summed E-state index contributed by atoms with van der Waals surface area (Å²) in [7, 11) is 0. The van der Waals surface area contributed by atoms with Gasteiger partial charge in [0.2, 0.25) is 0 Å². The molecule has 0 spiro atoms. The van der Waals surface area contributed by atoms with Crippen LogP contribution in [0.25, 0.3) is 0 Å². The Bertz CT molecular complexity index is 71.2. The molecule has 0 bridgehead atoms. The molecule has 0 aliphatic heterocycles. The molecule has 0 amide bonds. The average molecular weight is 185 g/mol. The van der Waals surface area contributed by atoms with Crippen LogP contribution in [0, 0.1) is 6.92 Å². The first-order valence-corrected chi connectivity index (χ1v) is 5.78. The average Bonchev–Trinajstić information content (AvgIpc) is 2.16. The molecule has 0 heterocycles. The molecule has 1 heteroatoms. The second kappa shape index (κ2) is 12.0. The van der Waals surface area contributed by atoms with Crippen LogP contribution >= 0.6 is 0 Å². The van der Waals surface area contributed by atoms with E-state index >= 15 is 0 Å². The van der Waals surface area contributed by atoms with E-state index in [0.717, 1.165) is 26.1 Å². The summed E-state index contributed by atoms with van der Waals surface area (Å²) in [5, 5.41) is 0. The standard InChI is InChI=1S/C12H25O/c1-3-5-6-7-8-9-10-12-13-11-4-2/h1,3-12H2,2H3. The van der Waals surface area contributed by atoms with Crippen molar-refractivity contribution in [2.45, 2.75) is 58.3 Å².